The summed E-state index contributed by atoms with van der Waals surface area (Å²) in [5.74, 6) is 0.134. The summed E-state index contributed by atoms with van der Waals surface area (Å²) in [5.41, 5.74) is 1.33. The molecular weight excluding hydrogens is 448 g/mol. The van der Waals surface area contributed by atoms with Crippen molar-refractivity contribution in [1.29, 1.82) is 0 Å². The van der Waals surface area contributed by atoms with Gasteiger partial charge in [0, 0.05) is 19.3 Å². The molecule has 5 rings (SSSR count). The smallest absolute Gasteiger partial charge is 0.323 e. The second-order valence-electron chi connectivity index (χ2n) is 7.36. The Balaban J connectivity index is 1.63. The number of hydrogen-bond donors (Lipinski definition) is 0. The number of para-hydroxylation sites is 1. The average molecular weight is 469 g/mol. The third kappa shape index (κ3) is 4.31. The van der Waals surface area contributed by atoms with E-state index in [1.165, 1.54) is 11.7 Å². The van der Waals surface area contributed by atoms with Gasteiger partial charge in [-0.3, -0.25) is 9.55 Å². The lowest BCUT2D eigenvalue weighted by atomic mass is 10.3. The summed E-state index contributed by atoms with van der Waals surface area (Å²) in [4.78, 5) is 23.5. The SMILES string of the molecule is COc1cccc2c1nc(C(F)F)n2-c1nc(OCc2ccccn2)nc(N2CCOCC2)n1. The highest BCUT2D eigenvalue weighted by Gasteiger charge is 2.26. The van der Waals surface area contributed by atoms with Crippen LogP contribution in [0.15, 0.2) is 42.6 Å². The predicted octanol–water partition coefficient (Wildman–Crippen LogP) is 2.97. The highest BCUT2D eigenvalue weighted by atomic mass is 19.3. The summed E-state index contributed by atoms with van der Waals surface area (Å²) in [6.45, 7) is 2.19. The Bertz CT molecular complexity index is 1280. The zero-order valence-electron chi connectivity index (χ0n) is 18.3. The van der Waals surface area contributed by atoms with Crippen LogP contribution in [0, 0.1) is 0 Å². The Morgan fingerprint density at radius 1 is 1.00 bits per heavy atom. The van der Waals surface area contributed by atoms with Crippen molar-refractivity contribution in [2.24, 2.45) is 0 Å². The molecule has 0 bridgehead atoms. The van der Waals surface area contributed by atoms with E-state index in [1.807, 2.05) is 11.0 Å². The number of fused-ring (bicyclic) bond motifs is 1. The summed E-state index contributed by atoms with van der Waals surface area (Å²) in [6.07, 6.45) is -1.23. The summed E-state index contributed by atoms with van der Waals surface area (Å²) < 4.78 is 45.8. The molecule has 0 N–H and O–H groups in total. The molecule has 0 amide bonds. The number of methoxy groups -OCH3 is 1. The van der Waals surface area contributed by atoms with Crippen molar-refractivity contribution in [2.75, 3.05) is 38.3 Å². The van der Waals surface area contributed by atoms with Crippen molar-refractivity contribution < 1.29 is 23.0 Å². The van der Waals surface area contributed by atoms with Crippen LogP contribution in [0.2, 0.25) is 0 Å². The number of benzene rings is 1. The number of hydrogen-bond acceptors (Lipinski definition) is 9. The van der Waals surface area contributed by atoms with Crippen molar-refractivity contribution in [3.8, 4) is 17.7 Å². The van der Waals surface area contributed by atoms with Crippen LogP contribution in [0.5, 0.6) is 11.8 Å². The molecule has 34 heavy (non-hydrogen) atoms. The van der Waals surface area contributed by atoms with E-state index in [2.05, 4.69) is 24.9 Å². The number of anilines is 1. The molecule has 4 heterocycles. The number of morpholine rings is 1. The molecule has 0 radical (unpaired) electrons. The Hall–Kier alpha value is -3.93. The van der Waals surface area contributed by atoms with Crippen LogP contribution >= 0.6 is 0 Å². The summed E-state index contributed by atoms with van der Waals surface area (Å²) in [7, 11) is 1.46. The van der Waals surface area contributed by atoms with Gasteiger partial charge in [-0.2, -0.15) is 15.0 Å². The van der Waals surface area contributed by atoms with Crippen molar-refractivity contribution in [3.63, 3.8) is 0 Å². The molecule has 1 fully saturated rings. The maximum Gasteiger partial charge on any atom is 0.323 e. The lowest BCUT2D eigenvalue weighted by molar-refractivity contribution is 0.122. The molecule has 176 valence electrons. The zero-order valence-corrected chi connectivity index (χ0v) is 18.3. The maximum absolute atomic E-state index is 14.1. The number of nitrogens with zero attached hydrogens (tertiary/aromatic N) is 7. The minimum absolute atomic E-state index is 0.0119. The van der Waals surface area contributed by atoms with Gasteiger partial charge in [0.05, 0.1) is 31.5 Å². The van der Waals surface area contributed by atoms with Gasteiger partial charge in [-0.15, -0.1) is 0 Å². The lowest BCUT2D eigenvalue weighted by Crippen LogP contribution is -2.37. The minimum atomic E-state index is -2.88. The molecule has 10 nitrogen and oxygen atoms in total. The number of ether oxygens (including phenoxy) is 3. The molecule has 1 aliphatic rings. The van der Waals surface area contributed by atoms with Crippen molar-refractivity contribution in [2.45, 2.75) is 13.0 Å². The van der Waals surface area contributed by atoms with Gasteiger partial charge in [-0.05, 0) is 24.3 Å². The normalized spacial score (nSPS) is 14.1. The first-order valence-electron chi connectivity index (χ1n) is 10.6. The van der Waals surface area contributed by atoms with Crippen molar-refractivity contribution >= 4 is 17.0 Å². The third-order valence-corrected chi connectivity index (χ3v) is 5.25. The predicted molar refractivity (Wildman–Crippen MR) is 118 cm³/mol. The van der Waals surface area contributed by atoms with Crippen LogP contribution in [0.25, 0.3) is 17.0 Å². The van der Waals surface area contributed by atoms with Gasteiger partial charge in [0.1, 0.15) is 17.9 Å². The Labute approximate surface area is 193 Å². The molecule has 0 saturated carbocycles. The second-order valence-corrected chi connectivity index (χ2v) is 7.36. The Morgan fingerprint density at radius 2 is 1.82 bits per heavy atom. The lowest BCUT2D eigenvalue weighted by Gasteiger charge is -2.27. The number of aromatic nitrogens is 6. The summed E-state index contributed by atoms with van der Waals surface area (Å²) in [6, 6.07) is 10.4. The number of halogens is 2. The van der Waals surface area contributed by atoms with E-state index in [-0.39, 0.29) is 24.1 Å². The molecule has 0 spiro atoms. The largest absolute Gasteiger partial charge is 0.494 e. The minimum Gasteiger partial charge on any atom is -0.494 e. The topological polar surface area (TPSA) is 100 Å². The summed E-state index contributed by atoms with van der Waals surface area (Å²) >= 11 is 0. The molecule has 3 aromatic heterocycles. The van der Waals surface area contributed by atoms with Crippen LogP contribution in [-0.2, 0) is 11.3 Å². The van der Waals surface area contributed by atoms with Gasteiger partial charge in [-0.25, -0.2) is 13.8 Å². The van der Waals surface area contributed by atoms with Gasteiger partial charge in [0.2, 0.25) is 11.9 Å². The monoisotopic (exact) mass is 469 g/mol. The molecule has 0 unspecified atom stereocenters. The van der Waals surface area contributed by atoms with E-state index in [1.54, 1.807) is 36.5 Å². The fraction of sp³-hybridized carbons (Fsp3) is 0.318. The van der Waals surface area contributed by atoms with E-state index >= 15 is 0 Å². The van der Waals surface area contributed by atoms with E-state index in [9.17, 15) is 8.78 Å². The molecule has 1 aliphatic heterocycles. The van der Waals surface area contributed by atoms with Gasteiger partial charge >= 0.3 is 6.01 Å². The molecule has 12 heteroatoms. The number of alkyl halides is 2. The van der Waals surface area contributed by atoms with E-state index in [4.69, 9.17) is 14.2 Å². The highest BCUT2D eigenvalue weighted by Crippen LogP contribution is 2.32. The molecular formula is C22H21F2N7O3. The number of pyridine rings is 1. The highest BCUT2D eigenvalue weighted by molar-refractivity contribution is 5.84. The van der Waals surface area contributed by atoms with Crippen LogP contribution in [0.4, 0.5) is 14.7 Å². The second kappa shape index (κ2) is 9.51. The van der Waals surface area contributed by atoms with Gasteiger partial charge in [-0.1, -0.05) is 12.1 Å². The van der Waals surface area contributed by atoms with E-state index in [0.29, 0.717) is 49.2 Å². The molecule has 0 atom stereocenters. The fourth-order valence-electron chi connectivity index (χ4n) is 3.64. The first-order chi connectivity index (χ1) is 16.6. The quantitative estimate of drug-likeness (QED) is 0.404. The standard InChI is InChI=1S/C22H21F2N7O3/c1-32-16-7-4-6-15-17(16)26-19(18(23)24)31(15)21-27-20(30-9-11-33-12-10-30)28-22(29-21)34-13-14-5-2-3-8-25-14/h2-8,18H,9-13H2,1H3. The van der Waals surface area contributed by atoms with E-state index < -0.39 is 12.2 Å². The molecule has 1 aromatic carbocycles. The maximum atomic E-state index is 14.1. The Kier molecular flexibility index (Phi) is 6.12. The number of rotatable bonds is 7. The van der Waals surface area contributed by atoms with Crippen LogP contribution in [0.1, 0.15) is 17.9 Å². The van der Waals surface area contributed by atoms with E-state index in [0.717, 1.165) is 0 Å². The van der Waals surface area contributed by atoms with Crippen LogP contribution in [0.3, 0.4) is 0 Å². The average Bonchev–Trinajstić information content (AvgIpc) is 3.29. The molecule has 1 saturated heterocycles. The Morgan fingerprint density at radius 3 is 2.56 bits per heavy atom. The van der Waals surface area contributed by atoms with Gasteiger partial charge in [0.25, 0.3) is 6.43 Å². The van der Waals surface area contributed by atoms with Gasteiger partial charge in [0.15, 0.2) is 5.82 Å². The van der Waals surface area contributed by atoms with Gasteiger partial charge < -0.3 is 19.1 Å². The van der Waals surface area contributed by atoms with Crippen molar-refractivity contribution in [1.82, 2.24) is 29.5 Å². The van der Waals surface area contributed by atoms with Crippen molar-refractivity contribution in [3.05, 3.63) is 54.1 Å². The zero-order chi connectivity index (χ0) is 23.5. The van der Waals surface area contributed by atoms with Crippen LogP contribution in [-0.4, -0.2) is 62.9 Å². The summed E-state index contributed by atoms with van der Waals surface area (Å²) in [5, 5.41) is 0. The number of imidazole rings is 1. The first-order valence-corrected chi connectivity index (χ1v) is 10.6. The first kappa shape index (κ1) is 21.9. The fourth-order valence-corrected chi connectivity index (χ4v) is 3.64. The molecule has 4 aromatic rings. The third-order valence-electron chi connectivity index (χ3n) is 5.25. The molecule has 0 aliphatic carbocycles. The van der Waals surface area contributed by atoms with Crippen LogP contribution < -0.4 is 14.4 Å².